The van der Waals surface area contributed by atoms with Gasteiger partial charge in [0.15, 0.2) is 0 Å². The van der Waals surface area contributed by atoms with Gasteiger partial charge in [-0.25, -0.2) is 4.39 Å². The highest BCUT2D eigenvalue weighted by Gasteiger charge is 2.15. The number of amides is 1. The lowest BCUT2D eigenvalue weighted by atomic mass is 9.87. The predicted octanol–water partition coefficient (Wildman–Crippen LogP) is 2.03. The number of aryl methyl sites for hydroxylation is 1. The summed E-state index contributed by atoms with van der Waals surface area (Å²) in [5, 5.41) is 0. The van der Waals surface area contributed by atoms with Crippen LogP contribution in [0.3, 0.4) is 0 Å². The minimum atomic E-state index is -0.470. The SMILES string of the molecule is NC(=O)/C=C1\CCCc2ccc(F)cc21. The fourth-order valence-electron chi connectivity index (χ4n) is 1.99. The van der Waals surface area contributed by atoms with E-state index in [9.17, 15) is 9.18 Å². The summed E-state index contributed by atoms with van der Waals surface area (Å²) in [6.45, 7) is 0. The van der Waals surface area contributed by atoms with Crippen molar-refractivity contribution in [2.24, 2.45) is 5.73 Å². The van der Waals surface area contributed by atoms with Crippen LogP contribution in [0.25, 0.3) is 5.57 Å². The van der Waals surface area contributed by atoms with Crippen LogP contribution in [0, 0.1) is 5.82 Å². The maximum absolute atomic E-state index is 13.1. The third-order valence-electron chi connectivity index (χ3n) is 2.63. The van der Waals surface area contributed by atoms with Gasteiger partial charge in [0.1, 0.15) is 5.82 Å². The van der Waals surface area contributed by atoms with Gasteiger partial charge in [-0.05, 0) is 48.1 Å². The van der Waals surface area contributed by atoms with E-state index in [2.05, 4.69) is 0 Å². The molecule has 0 spiro atoms. The van der Waals surface area contributed by atoms with E-state index in [1.807, 2.05) is 0 Å². The van der Waals surface area contributed by atoms with Gasteiger partial charge in [-0.1, -0.05) is 6.07 Å². The Labute approximate surface area is 87.6 Å². The average molecular weight is 205 g/mol. The van der Waals surface area contributed by atoms with E-state index in [1.165, 1.54) is 18.2 Å². The van der Waals surface area contributed by atoms with Gasteiger partial charge in [0, 0.05) is 6.08 Å². The Bertz CT molecular complexity index is 437. The highest BCUT2D eigenvalue weighted by molar-refractivity contribution is 5.94. The molecule has 0 aromatic heterocycles. The number of carbonyl (C=O) groups is 1. The standard InChI is InChI=1S/C12H12FNO/c13-10-5-4-8-2-1-3-9(6-12(14)15)11(8)7-10/h4-7H,1-3H2,(H2,14,15)/b9-6+. The number of hydrogen-bond acceptors (Lipinski definition) is 1. The van der Waals surface area contributed by atoms with Gasteiger partial charge in [-0.3, -0.25) is 4.79 Å². The Hall–Kier alpha value is -1.64. The maximum atomic E-state index is 13.1. The lowest BCUT2D eigenvalue weighted by Crippen LogP contribution is -2.10. The van der Waals surface area contributed by atoms with E-state index in [4.69, 9.17) is 5.73 Å². The zero-order chi connectivity index (χ0) is 10.8. The van der Waals surface area contributed by atoms with Crippen molar-refractivity contribution >= 4 is 11.5 Å². The van der Waals surface area contributed by atoms with Gasteiger partial charge in [-0.2, -0.15) is 0 Å². The molecule has 2 rings (SSSR count). The van der Waals surface area contributed by atoms with Crippen LogP contribution < -0.4 is 5.73 Å². The summed E-state index contributed by atoms with van der Waals surface area (Å²) >= 11 is 0. The molecule has 0 atom stereocenters. The van der Waals surface area contributed by atoms with Crippen LogP contribution in [0.5, 0.6) is 0 Å². The van der Waals surface area contributed by atoms with Crippen LogP contribution in [-0.4, -0.2) is 5.91 Å². The van der Waals surface area contributed by atoms with E-state index in [0.717, 1.165) is 36.0 Å². The molecule has 0 bridgehead atoms. The monoisotopic (exact) mass is 205 g/mol. The van der Waals surface area contributed by atoms with Gasteiger partial charge >= 0.3 is 0 Å². The maximum Gasteiger partial charge on any atom is 0.241 e. The lowest BCUT2D eigenvalue weighted by molar-refractivity contribution is -0.113. The van der Waals surface area contributed by atoms with Crippen molar-refractivity contribution < 1.29 is 9.18 Å². The minimum absolute atomic E-state index is 0.272. The Morgan fingerprint density at radius 2 is 2.20 bits per heavy atom. The second kappa shape index (κ2) is 3.85. The molecule has 0 saturated heterocycles. The predicted molar refractivity (Wildman–Crippen MR) is 56.5 cm³/mol. The third-order valence-corrected chi connectivity index (χ3v) is 2.63. The van der Waals surface area contributed by atoms with Crippen LogP contribution in [-0.2, 0) is 11.2 Å². The number of halogens is 1. The van der Waals surface area contributed by atoms with Crippen molar-refractivity contribution in [2.75, 3.05) is 0 Å². The zero-order valence-corrected chi connectivity index (χ0v) is 8.29. The molecule has 1 aliphatic carbocycles. The number of nitrogens with two attached hydrogens (primary N) is 1. The second-order valence-corrected chi connectivity index (χ2v) is 3.73. The Morgan fingerprint density at radius 3 is 2.93 bits per heavy atom. The Kier molecular flexibility index (Phi) is 2.54. The van der Waals surface area contributed by atoms with Crippen molar-refractivity contribution in [3.8, 4) is 0 Å². The molecule has 0 radical (unpaired) electrons. The molecule has 1 amide bonds. The number of primary amides is 1. The summed E-state index contributed by atoms with van der Waals surface area (Å²) in [7, 11) is 0. The molecule has 3 heteroatoms. The van der Waals surface area contributed by atoms with Crippen molar-refractivity contribution in [3.05, 3.63) is 41.2 Å². The molecule has 15 heavy (non-hydrogen) atoms. The molecule has 0 fully saturated rings. The molecule has 2 nitrogen and oxygen atoms in total. The van der Waals surface area contributed by atoms with Crippen molar-refractivity contribution in [2.45, 2.75) is 19.3 Å². The van der Waals surface area contributed by atoms with Crippen molar-refractivity contribution in [1.29, 1.82) is 0 Å². The quantitative estimate of drug-likeness (QED) is 0.700. The molecule has 0 heterocycles. The summed E-state index contributed by atoms with van der Waals surface area (Å²) in [5.41, 5.74) is 7.89. The van der Waals surface area contributed by atoms with Crippen LogP contribution in [0.15, 0.2) is 24.3 Å². The zero-order valence-electron chi connectivity index (χ0n) is 8.29. The third kappa shape index (κ3) is 2.06. The van der Waals surface area contributed by atoms with E-state index in [0.29, 0.717) is 0 Å². The Balaban J connectivity index is 2.49. The second-order valence-electron chi connectivity index (χ2n) is 3.73. The molecule has 1 aliphatic rings. The molecular weight excluding hydrogens is 193 g/mol. The first-order chi connectivity index (χ1) is 7.16. The van der Waals surface area contributed by atoms with E-state index < -0.39 is 5.91 Å². The van der Waals surface area contributed by atoms with Gasteiger partial charge in [0.2, 0.25) is 5.91 Å². The number of fused-ring (bicyclic) bond motifs is 1. The first-order valence-electron chi connectivity index (χ1n) is 4.95. The molecule has 0 aliphatic heterocycles. The summed E-state index contributed by atoms with van der Waals surface area (Å²) in [6.07, 6.45) is 4.11. The molecular formula is C12H12FNO. The highest BCUT2D eigenvalue weighted by Crippen LogP contribution is 2.30. The van der Waals surface area contributed by atoms with Gasteiger partial charge in [-0.15, -0.1) is 0 Å². The van der Waals surface area contributed by atoms with Gasteiger partial charge < -0.3 is 5.73 Å². The molecule has 0 unspecified atom stereocenters. The number of allylic oxidation sites excluding steroid dienone is 1. The van der Waals surface area contributed by atoms with Crippen LogP contribution in [0.4, 0.5) is 4.39 Å². The highest BCUT2D eigenvalue weighted by atomic mass is 19.1. The summed E-state index contributed by atoms with van der Waals surface area (Å²) in [4.78, 5) is 10.8. The smallest absolute Gasteiger partial charge is 0.241 e. The van der Waals surface area contributed by atoms with Crippen molar-refractivity contribution in [1.82, 2.24) is 0 Å². The topological polar surface area (TPSA) is 43.1 Å². The number of rotatable bonds is 1. The number of hydrogen-bond donors (Lipinski definition) is 1. The Morgan fingerprint density at radius 1 is 1.40 bits per heavy atom. The van der Waals surface area contributed by atoms with Crippen LogP contribution in [0.2, 0.25) is 0 Å². The first kappa shape index (κ1) is 9.90. The van der Waals surface area contributed by atoms with E-state index in [-0.39, 0.29) is 5.82 Å². The first-order valence-corrected chi connectivity index (χ1v) is 4.95. The van der Waals surface area contributed by atoms with Gasteiger partial charge in [0.05, 0.1) is 0 Å². The van der Waals surface area contributed by atoms with E-state index in [1.54, 1.807) is 6.07 Å². The molecule has 78 valence electrons. The van der Waals surface area contributed by atoms with Crippen LogP contribution >= 0.6 is 0 Å². The fraction of sp³-hybridized carbons (Fsp3) is 0.250. The number of benzene rings is 1. The molecule has 2 N–H and O–H groups in total. The molecule has 0 saturated carbocycles. The van der Waals surface area contributed by atoms with Crippen LogP contribution in [0.1, 0.15) is 24.0 Å². The lowest BCUT2D eigenvalue weighted by Gasteiger charge is -2.18. The van der Waals surface area contributed by atoms with E-state index >= 15 is 0 Å². The largest absolute Gasteiger partial charge is 0.366 e. The average Bonchev–Trinajstić information content (AvgIpc) is 2.18. The minimum Gasteiger partial charge on any atom is -0.366 e. The molecule has 1 aromatic carbocycles. The summed E-state index contributed by atoms with van der Waals surface area (Å²) in [5.74, 6) is -0.742. The normalized spacial score (nSPS) is 17.5. The summed E-state index contributed by atoms with van der Waals surface area (Å²) < 4.78 is 13.1. The van der Waals surface area contributed by atoms with Gasteiger partial charge in [0.25, 0.3) is 0 Å². The fourth-order valence-corrected chi connectivity index (χ4v) is 1.99. The summed E-state index contributed by atoms with van der Waals surface area (Å²) in [6, 6.07) is 4.70. The molecule has 1 aromatic rings. The van der Waals surface area contributed by atoms with Crippen molar-refractivity contribution in [3.63, 3.8) is 0 Å². The number of carbonyl (C=O) groups excluding carboxylic acids is 1.